The molecule has 1 heterocycles. The first kappa shape index (κ1) is 11.5. The SMILES string of the molecule is CNc1nnc(Cc2c(F)cccc2F)n1C. The normalized spacial score (nSPS) is 10.6. The summed E-state index contributed by atoms with van der Waals surface area (Å²) in [5.74, 6) is -0.0897. The zero-order valence-corrected chi connectivity index (χ0v) is 9.54. The predicted octanol–water partition coefficient (Wildman–Crippen LogP) is 1.73. The largest absolute Gasteiger partial charge is 0.357 e. The van der Waals surface area contributed by atoms with E-state index in [2.05, 4.69) is 15.5 Å². The van der Waals surface area contributed by atoms with Crippen LogP contribution in [0.1, 0.15) is 11.4 Å². The van der Waals surface area contributed by atoms with Gasteiger partial charge in [-0.05, 0) is 12.1 Å². The fourth-order valence-corrected chi connectivity index (χ4v) is 1.59. The molecule has 0 saturated carbocycles. The highest BCUT2D eigenvalue weighted by Gasteiger charge is 2.14. The van der Waals surface area contributed by atoms with Crippen LogP contribution in [0.15, 0.2) is 18.2 Å². The van der Waals surface area contributed by atoms with Gasteiger partial charge in [-0.15, -0.1) is 10.2 Å². The molecule has 0 fully saturated rings. The molecule has 2 aromatic rings. The Hall–Kier alpha value is -1.98. The highest BCUT2D eigenvalue weighted by atomic mass is 19.1. The van der Waals surface area contributed by atoms with Crippen molar-refractivity contribution in [1.82, 2.24) is 14.8 Å². The number of nitrogens with one attached hydrogen (secondary N) is 1. The second kappa shape index (κ2) is 4.48. The highest BCUT2D eigenvalue weighted by molar-refractivity contribution is 5.28. The standard InChI is InChI=1S/C11H12F2N4/c1-14-11-16-15-10(17(11)2)6-7-8(12)4-3-5-9(7)13/h3-5H,6H2,1-2H3,(H,14,16). The van der Waals surface area contributed by atoms with Crippen molar-refractivity contribution in [3.63, 3.8) is 0 Å². The smallest absolute Gasteiger partial charge is 0.224 e. The van der Waals surface area contributed by atoms with E-state index in [0.717, 1.165) is 0 Å². The van der Waals surface area contributed by atoms with Crippen LogP contribution in [0.5, 0.6) is 0 Å². The zero-order valence-electron chi connectivity index (χ0n) is 9.54. The fourth-order valence-electron chi connectivity index (χ4n) is 1.59. The maximum atomic E-state index is 13.4. The first-order valence-electron chi connectivity index (χ1n) is 5.12. The third-order valence-corrected chi connectivity index (χ3v) is 2.59. The van der Waals surface area contributed by atoms with Crippen molar-refractivity contribution in [2.45, 2.75) is 6.42 Å². The van der Waals surface area contributed by atoms with E-state index in [4.69, 9.17) is 0 Å². The zero-order chi connectivity index (χ0) is 12.4. The summed E-state index contributed by atoms with van der Waals surface area (Å²) < 4.78 is 28.5. The number of rotatable bonds is 3. The monoisotopic (exact) mass is 238 g/mol. The summed E-state index contributed by atoms with van der Waals surface area (Å²) in [6, 6.07) is 3.80. The third kappa shape index (κ3) is 2.11. The summed E-state index contributed by atoms with van der Waals surface area (Å²) in [5.41, 5.74) is 0.00523. The second-order valence-corrected chi connectivity index (χ2v) is 3.63. The second-order valence-electron chi connectivity index (χ2n) is 3.63. The van der Waals surface area contributed by atoms with Crippen molar-refractivity contribution < 1.29 is 8.78 Å². The number of hydrogen-bond donors (Lipinski definition) is 1. The van der Waals surface area contributed by atoms with Crippen LogP contribution < -0.4 is 5.32 Å². The van der Waals surface area contributed by atoms with Crippen LogP contribution in [0.3, 0.4) is 0 Å². The quantitative estimate of drug-likeness (QED) is 0.885. The summed E-state index contributed by atoms with van der Waals surface area (Å²) >= 11 is 0. The lowest BCUT2D eigenvalue weighted by molar-refractivity contribution is 0.557. The van der Waals surface area contributed by atoms with E-state index < -0.39 is 11.6 Å². The Bertz CT molecular complexity index is 516. The lowest BCUT2D eigenvalue weighted by Crippen LogP contribution is -2.05. The van der Waals surface area contributed by atoms with Crippen molar-refractivity contribution in [1.29, 1.82) is 0 Å². The van der Waals surface area contributed by atoms with E-state index in [1.54, 1.807) is 18.7 Å². The van der Waals surface area contributed by atoms with Gasteiger partial charge in [0.25, 0.3) is 0 Å². The average molecular weight is 238 g/mol. The number of aromatic nitrogens is 3. The van der Waals surface area contributed by atoms with Crippen molar-refractivity contribution in [3.05, 3.63) is 41.2 Å². The van der Waals surface area contributed by atoms with Crippen LogP contribution in [0, 0.1) is 11.6 Å². The average Bonchev–Trinajstić information content (AvgIpc) is 2.65. The van der Waals surface area contributed by atoms with Gasteiger partial charge in [0.05, 0.1) is 0 Å². The molecule has 0 aliphatic carbocycles. The molecule has 0 aliphatic rings. The van der Waals surface area contributed by atoms with Gasteiger partial charge in [0.1, 0.15) is 17.5 Å². The first-order chi connectivity index (χ1) is 8.13. The Balaban J connectivity index is 2.35. The van der Waals surface area contributed by atoms with E-state index in [1.807, 2.05) is 0 Å². The highest BCUT2D eigenvalue weighted by Crippen LogP contribution is 2.16. The number of anilines is 1. The molecule has 17 heavy (non-hydrogen) atoms. The molecule has 4 nitrogen and oxygen atoms in total. The van der Waals surface area contributed by atoms with Crippen molar-refractivity contribution >= 4 is 5.95 Å². The number of benzene rings is 1. The van der Waals surface area contributed by atoms with E-state index in [9.17, 15) is 8.78 Å². The molecule has 0 spiro atoms. The minimum atomic E-state index is -0.570. The molecule has 0 unspecified atom stereocenters. The maximum absolute atomic E-state index is 13.4. The Kier molecular flexibility index (Phi) is 3.03. The molecule has 0 atom stereocenters. The molecular weight excluding hydrogens is 226 g/mol. The summed E-state index contributed by atoms with van der Waals surface area (Å²) in [4.78, 5) is 0. The van der Waals surface area contributed by atoms with Crippen LogP contribution in [0.25, 0.3) is 0 Å². The summed E-state index contributed by atoms with van der Waals surface area (Å²) in [6.45, 7) is 0. The molecule has 1 aromatic carbocycles. The van der Waals surface area contributed by atoms with Gasteiger partial charge in [0.2, 0.25) is 5.95 Å². The van der Waals surface area contributed by atoms with Crippen molar-refractivity contribution in [3.8, 4) is 0 Å². The Morgan fingerprint density at radius 2 is 1.88 bits per heavy atom. The van der Waals surface area contributed by atoms with Gasteiger partial charge in [0, 0.05) is 26.1 Å². The summed E-state index contributed by atoms with van der Waals surface area (Å²) in [7, 11) is 3.44. The molecule has 0 bridgehead atoms. The van der Waals surface area contributed by atoms with Crippen LogP contribution in [-0.4, -0.2) is 21.8 Å². The van der Waals surface area contributed by atoms with E-state index in [1.165, 1.54) is 18.2 Å². The first-order valence-corrected chi connectivity index (χ1v) is 5.12. The van der Waals surface area contributed by atoms with E-state index >= 15 is 0 Å². The van der Waals surface area contributed by atoms with Gasteiger partial charge in [-0.25, -0.2) is 8.78 Å². The third-order valence-electron chi connectivity index (χ3n) is 2.59. The number of halogens is 2. The molecule has 90 valence electrons. The van der Waals surface area contributed by atoms with Crippen LogP contribution in [0.2, 0.25) is 0 Å². The van der Waals surface area contributed by atoms with Gasteiger partial charge in [-0.2, -0.15) is 0 Å². The van der Waals surface area contributed by atoms with E-state index in [0.29, 0.717) is 11.8 Å². The van der Waals surface area contributed by atoms with Gasteiger partial charge in [-0.1, -0.05) is 6.07 Å². The number of hydrogen-bond acceptors (Lipinski definition) is 3. The van der Waals surface area contributed by atoms with E-state index in [-0.39, 0.29) is 12.0 Å². The lowest BCUT2D eigenvalue weighted by Gasteiger charge is -2.05. The molecule has 6 heteroatoms. The topological polar surface area (TPSA) is 42.7 Å². The minimum Gasteiger partial charge on any atom is -0.357 e. The molecule has 0 aliphatic heterocycles. The van der Waals surface area contributed by atoms with Crippen LogP contribution in [0.4, 0.5) is 14.7 Å². The maximum Gasteiger partial charge on any atom is 0.224 e. The summed E-state index contributed by atoms with van der Waals surface area (Å²) in [5, 5.41) is 10.6. The Labute approximate surface area is 97.3 Å². The molecule has 0 saturated heterocycles. The van der Waals surface area contributed by atoms with Gasteiger partial charge >= 0.3 is 0 Å². The molecule has 2 rings (SSSR count). The summed E-state index contributed by atoms with van der Waals surface area (Å²) in [6.07, 6.45) is 0.0731. The van der Waals surface area contributed by atoms with Crippen LogP contribution >= 0.6 is 0 Å². The molecule has 0 radical (unpaired) electrons. The van der Waals surface area contributed by atoms with Crippen LogP contribution in [-0.2, 0) is 13.5 Å². The van der Waals surface area contributed by atoms with Gasteiger partial charge < -0.3 is 9.88 Å². The lowest BCUT2D eigenvalue weighted by atomic mass is 10.1. The van der Waals surface area contributed by atoms with Crippen molar-refractivity contribution in [2.24, 2.45) is 7.05 Å². The number of nitrogens with zero attached hydrogens (tertiary/aromatic N) is 3. The molecular formula is C11H12F2N4. The van der Waals surface area contributed by atoms with Crippen molar-refractivity contribution in [2.75, 3.05) is 12.4 Å². The Morgan fingerprint density at radius 3 is 2.41 bits per heavy atom. The molecule has 1 N–H and O–H groups in total. The molecule has 0 amide bonds. The Morgan fingerprint density at radius 1 is 1.24 bits per heavy atom. The van der Waals surface area contributed by atoms with Gasteiger partial charge in [0.15, 0.2) is 0 Å². The minimum absolute atomic E-state index is 0.00523. The fraction of sp³-hybridized carbons (Fsp3) is 0.273. The molecule has 1 aromatic heterocycles. The predicted molar refractivity (Wildman–Crippen MR) is 59.7 cm³/mol. The van der Waals surface area contributed by atoms with Gasteiger partial charge in [-0.3, -0.25) is 0 Å².